The number of nitrogens with zero attached hydrogens (tertiary/aromatic N) is 2. The number of carboxylic acids is 1. The van der Waals surface area contributed by atoms with Crippen LogP contribution < -0.4 is 5.11 Å². The van der Waals surface area contributed by atoms with Gasteiger partial charge in [0.15, 0.2) is 0 Å². The molecule has 1 aliphatic rings. The van der Waals surface area contributed by atoms with Crippen LogP contribution in [-0.4, -0.2) is 35.1 Å². The molecule has 128 valence electrons. The van der Waals surface area contributed by atoms with E-state index in [-0.39, 0.29) is 29.3 Å². The Morgan fingerprint density at radius 3 is 2.64 bits per heavy atom. The number of rotatable bonds is 5. The van der Waals surface area contributed by atoms with Gasteiger partial charge in [-0.2, -0.15) is 4.99 Å². The van der Waals surface area contributed by atoms with Gasteiger partial charge >= 0.3 is 6.03 Å². The fraction of sp³-hybridized carbons (Fsp3) is 0.176. The maximum absolute atomic E-state index is 12.0. The molecule has 3 amide bonds. The summed E-state index contributed by atoms with van der Waals surface area (Å²) in [6.07, 6.45) is 0.0892. The molecule has 1 aromatic heterocycles. The maximum Gasteiger partial charge on any atom is 0.350 e. The highest BCUT2D eigenvalue weighted by molar-refractivity contribution is 6.46. The zero-order valence-electron chi connectivity index (χ0n) is 13.1. The average molecular weight is 360 g/mol. The summed E-state index contributed by atoms with van der Waals surface area (Å²) in [5.74, 6) is -0.883. The highest BCUT2D eigenvalue weighted by atomic mass is 35.5. The summed E-state index contributed by atoms with van der Waals surface area (Å²) in [6.45, 7) is 1.96. The van der Waals surface area contributed by atoms with Crippen molar-refractivity contribution in [1.29, 1.82) is 0 Å². The Labute approximate surface area is 147 Å². The highest BCUT2D eigenvalue weighted by Gasteiger charge is 2.32. The lowest BCUT2D eigenvalue weighted by atomic mass is 10.1. The Bertz CT molecular complexity index is 916. The molecule has 0 saturated heterocycles. The van der Waals surface area contributed by atoms with Crippen LogP contribution in [0.5, 0.6) is 0 Å². The van der Waals surface area contributed by atoms with Crippen LogP contribution in [0.25, 0.3) is 11.3 Å². The second-order valence-electron chi connectivity index (χ2n) is 5.32. The van der Waals surface area contributed by atoms with Gasteiger partial charge in [0.05, 0.1) is 17.4 Å². The van der Waals surface area contributed by atoms with Gasteiger partial charge in [0, 0.05) is 17.7 Å². The van der Waals surface area contributed by atoms with E-state index < -0.39 is 17.9 Å². The number of amides is 3. The van der Waals surface area contributed by atoms with E-state index in [9.17, 15) is 19.5 Å². The Morgan fingerprint density at radius 2 is 2.04 bits per heavy atom. The molecule has 2 heterocycles. The number of aliphatic imine (C=N–C) groups is 1. The first kappa shape index (κ1) is 16.9. The van der Waals surface area contributed by atoms with Crippen LogP contribution >= 0.6 is 11.6 Å². The fourth-order valence-electron chi connectivity index (χ4n) is 2.49. The average Bonchev–Trinajstić information content (AvgIpc) is 3.12. The zero-order chi connectivity index (χ0) is 18.1. The van der Waals surface area contributed by atoms with Gasteiger partial charge in [0.1, 0.15) is 17.2 Å². The number of hydrogen-bond donors (Lipinski definition) is 0. The number of aromatic carboxylic acids is 1. The van der Waals surface area contributed by atoms with Crippen molar-refractivity contribution >= 4 is 35.2 Å². The molecule has 0 spiro atoms. The fourth-order valence-corrected chi connectivity index (χ4v) is 2.75. The molecule has 25 heavy (non-hydrogen) atoms. The Hall–Kier alpha value is -2.93. The van der Waals surface area contributed by atoms with Gasteiger partial charge in [-0.3, -0.25) is 9.69 Å². The zero-order valence-corrected chi connectivity index (χ0v) is 13.9. The largest absolute Gasteiger partial charge is 0.545 e. The third-order valence-corrected chi connectivity index (χ3v) is 4.06. The minimum atomic E-state index is -1.36. The second kappa shape index (κ2) is 6.52. The SMILES string of the molecule is CCN1C(=O)N=C(Cc2ccc(-c3ccc(C(=O)[O-])c(Cl)c3)o2)C1=O. The molecule has 3 rings (SSSR count). The van der Waals surface area contributed by atoms with E-state index in [4.69, 9.17) is 16.0 Å². The topological polar surface area (TPSA) is 103 Å². The van der Waals surface area contributed by atoms with Gasteiger partial charge in [-0.1, -0.05) is 23.7 Å². The molecule has 7 nitrogen and oxygen atoms in total. The molecule has 0 saturated carbocycles. The van der Waals surface area contributed by atoms with Gasteiger partial charge in [-0.05, 0) is 25.1 Å². The van der Waals surface area contributed by atoms with Gasteiger partial charge in [0.25, 0.3) is 5.91 Å². The number of halogens is 1. The number of carboxylic acid groups (broad SMARTS) is 1. The van der Waals surface area contributed by atoms with Crippen molar-refractivity contribution in [2.45, 2.75) is 13.3 Å². The van der Waals surface area contributed by atoms with Crippen LogP contribution in [0.3, 0.4) is 0 Å². The summed E-state index contributed by atoms with van der Waals surface area (Å²) in [4.78, 5) is 39.3. The highest BCUT2D eigenvalue weighted by Crippen LogP contribution is 2.27. The van der Waals surface area contributed by atoms with Crippen molar-refractivity contribution < 1.29 is 23.9 Å². The number of urea groups is 1. The van der Waals surface area contributed by atoms with Crippen molar-refractivity contribution in [3.63, 3.8) is 0 Å². The number of hydrogen-bond acceptors (Lipinski definition) is 5. The lowest BCUT2D eigenvalue weighted by Gasteiger charge is -2.08. The molecule has 1 aromatic carbocycles. The number of carbonyl (C=O) groups excluding carboxylic acids is 3. The van der Waals surface area contributed by atoms with E-state index in [0.717, 1.165) is 4.90 Å². The van der Waals surface area contributed by atoms with E-state index >= 15 is 0 Å². The minimum Gasteiger partial charge on any atom is -0.545 e. The first-order valence-electron chi connectivity index (χ1n) is 7.44. The number of benzene rings is 1. The quantitative estimate of drug-likeness (QED) is 0.811. The summed E-state index contributed by atoms with van der Waals surface area (Å²) in [7, 11) is 0. The van der Waals surface area contributed by atoms with Crippen molar-refractivity contribution in [2.24, 2.45) is 4.99 Å². The molecule has 0 aliphatic carbocycles. The second-order valence-corrected chi connectivity index (χ2v) is 5.72. The first-order chi connectivity index (χ1) is 11.9. The van der Waals surface area contributed by atoms with Crippen LogP contribution in [-0.2, 0) is 11.2 Å². The molecular formula is C17H12ClN2O5-. The summed E-state index contributed by atoms with van der Waals surface area (Å²) in [5, 5.41) is 10.9. The summed E-state index contributed by atoms with van der Waals surface area (Å²) < 4.78 is 5.65. The predicted molar refractivity (Wildman–Crippen MR) is 87.4 cm³/mol. The van der Waals surface area contributed by atoms with Crippen LogP contribution in [0.4, 0.5) is 4.79 Å². The molecule has 0 fully saturated rings. The van der Waals surface area contributed by atoms with Gasteiger partial charge in [-0.25, -0.2) is 4.79 Å². The predicted octanol–water partition coefficient (Wildman–Crippen LogP) is 1.93. The van der Waals surface area contributed by atoms with Crippen LogP contribution in [0.2, 0.25) is 5.02 Å². The molecular weight excluding hydrogens is 348 g/mol. The molecule has 2 aromatic rings. The van der Waals surface area contributed by atoms with E-state index in [1.54, 1.807) is 25.1 Å². The normalized spacial score (nSPS) is 14.2. The van der Waals surface area contributed by atoms with Crippen LogP contribution in [0.15, 0.2) is 39.7 Å². The van der Waals surface area contributed by atoms with Crippen molar-refractivity contribution in [2.75, 3.05) is 6.54 Å². The molecule has 0 N–H and O–H groups in total. The number of furan rings is 1. The van der Waals surface area contributed by atoms with E-state index in [0.29, 0.717) is 17.1 Å². The van der Waals surface area contributed by atoms with Crippen molar-refractivity contribution in [3.05, 3.63) is 46.7 Å². The molecule has 8 heteroatoms. The number of imide groups is 1. The Balaban J connectivity index is 1.81. The van der Waals surface area contributed by atoms with Crippen LogP contribution in [0.1, 0.15) is 23.0 Å². The van der Waals surface area contributed by atoms with E-state index in [2.05, 4.69) is 4.99 Å². The lowest BCUT2D eigenvalue weighted by molar-refractivity contribution is -0.255. The molecule has 0 radical (unpaired) electrons. The Kier molecular flexibility index (Phi) is 4.41. The smallest absolute Gasteiger partial charge is 0.350 e. The Morgan fingerprint density at radius 1 is 1.28 bits per heavy atom. The maximum atomic E-state index is 12.0. The lowest BCUT2D eigenvalue weighted by Crippen LogP contribution is -2.32. The molecule has 1 aliphatic heterocycles. The third-order valence-electron chi connectivity index (χ3n) is 3.75. The van der Waals surface area contributed by atoms with Gasteiger partial charge in [0.2, 0.25) is 0 Å². The van der Waals surface area contributed by atoms with Gasteiger partial charge < -0.3 is 14.3 Å². The first-order valence-corrected chi connectivity index (χ1v) is 7.82. The summed E-state index contributed by atoms with van der Waals surface area (Å²) >= 11 is 5.92. The monoisotopic (exact) mass is 359 g/mol. The summed E-state index contributed by atoms with van der Waals surface area (Å²) in [5.41, 5.74) is 0.589. The number of carbonyl (C=O) groups is 3. The summed E-state index contributed by atoms with van der Waals surface area (Å²) in [6, 6.07) is 7.08. The molecule has 0 atom stereocenters. The minimum absolute atomic E-state index is 0.0370. The standard InChI is InChI=1S/C17H13ClN2O5/c1-2-20-15(21)13(19-17(20)24)8-10-4-6-14(25-10)9-3-5-11(16(22)23)12(18)7-9/h3-7H,2,8H2,1H3,(H,22,23)/p-1. The molecule has 0 bridgehead atoms. The van der Waals surface area contributed by atoms with Gasteiger partial charge in [-0.15, -0.1) is 0 Å². The van der Waals surface area contributed by atoms with Crippen molar-refractivity contribution in [1.82, 2.24) is 4.90 Å². The van der Waals surface area contributed by atoms with E-state index in [1.165, 1.54) is 12.1 Å². The van der Waals surface area contributed by atoms with Crippen LogP contribution in [0, 0.1) is 0 Å². The molecule has 0 unspecified atom stereocenters. The third kappa shape index (κ3) is 3.18. The van der Waals surface area contributed by atoms with E-state index in [1.807, 2.05) is 0 Å². The van der Waals surface area contributed by atoms with Crippen molar-refractivity contribution in [3.8, 4) is 11.3 Å².